The number of hydrogen-bond acceptors (Lipinski definition) is 5. The predicted octanol–water partition coefficient (Wildman–Crippen LogP) is 2.63. The Balaban J connectivity index is 2.01. The number of hydrogen-bond donors (Lipinski definition) is 3. The van der Waals surface area contributed by atoms with E-state index in [1.807, 2.05) is 30.3 Å². The van der Waals surface area contributed by atoms with Gasteiger partial charge in [-0.3, -0.25) is 14.9 Å². The number of aromatic nitrogens is 1. The van der Waals surface area contributed by atoms with Crippen LogP contribution in [0.2, 0.25) is 0 Å². The largest absolute Gasteiger partial charge is 0.497 e. The van der Waals surface area contributed by atoms with Crippen molar-refractivity contribution in [3.63, 3.8) is 0 Å². The lowest BCUT2D eigenvalue weighted by atomic mass is 10.1. The molecule has 2 aromatic carbocycles. The summed E-state index contributed by atoms with van der Waals surface area (Å²) in [5.41, 5.74) is 5.23. The van der Waals surface area contributed by atoms with Crippen LogP contribution in [0.5, 0.6) is 5.75 Å². The maximum atomic E-state index is 11.9. The molecule has 0 saturated carbocycles. The summed E-state index contributed by atoms with van der Waals surface area (Å²) in [4.78, 5) is 14.1. The van der Waals surface area contributed by atoms with Gasteiger partial charge in [0.2, 0.25) is 0 Å². The quantitative estimate of drug-likeness (QED) is 0.382. The number of carbonyl (C=O) groups excluding carboxylic acids is 1. The van der Waals surface area contributed by atoms with Gasteiger partial charge in [-0.1, -0.05) is 25.1 Å². The number of nitrogens with one attached hydrogen (secondary N) is 1. The second-order valence-corrected chi connectivity index (χ2v) is 6.90. The highest BCUT2D eigenvalue weighted by Crippen LogP contribution is 2.26. The lowest BCUT2D eigenvalue weighted by Gasteiger charge is -2.18. The van der Waals surface area contributed by atoms with E-state index in [-0.39, 0.29) is 6.61 Å². The summed E-state index contributed by atoms with van der Waals surface area (Å²) in [6.07, 6.45) is 2.09. The average molecular weight is 397 g/mol. The van der Waals surface area contributed by atoms with Crippen molar-refractivity contribution in [2.75, 3.05) is 26.8 Å². The van der Waals surface area contributed by atoms with E-state index in [2.05, 4.69) is 22.6 Å². The third-order valence-electron chi connectivity index (χ3n) is 5.10. The van der Waals surface area contributed by atoms with Crippen molar-refractivity contribution in [3.05, 3.63) is 65.4 Å². The number of carbonyl (C=O) groups is 1. The highest BCUT2D eigenvalue weighted by Gasteiger charge is 2.14. The Morgan fingerprint density at radius 2 is 1.97 bits per heavy atom. The van der Waals surface area contributed by atoms with Crippen molar-refractivity contribution in [2.24, 2.45) is 0 Å². The lowest BCUT2D eigenvalue weighted by Crippen LogP contribution is -2.25. The van der Waals surface area contributed by atoms with Crippen molar-refractivity contribution in [3.8, 4) is 5.75 Å². The van der Waals surface area contributed by atoms with Crippen LogP contribution in [0.1, 0.15) is 28.4 Å². The molecule has 7 nitrogen and oxygen atoms in total. The Bertz CT molecular complexity index is 966. The van der Waals surface area contributed by atoms with Crippen LogP contribution >= 0.6 is 0 Å². The smallest absolute Gasteiger partial charge is 0.274 e. The number of fused-ring (bicyclic) bond motifs is 1. The Morgan fingerprint density at radius 1 is 1.21 bits per heavy atom. The van der Waals surface area contributed by atoms with Gasteiger partial charge in [0, 0.05) is 42.3 Å². The molecule has 0 spiro atoms. The van der Waals surface area contributed by atoms with Crippen LogP contribution in [0.4, 0.5) is 0 Å². The predicted molar refractivity (Wildman–Crippen MR) is 111 cm³/mol. The summed E-state index contributed by atoms with van der Waals surface area (Å²) < 4.78 is 7.33. The van der Waals surface area contributed by atoms with Gasteiger partial charge < -0.3 is 14.4 Å². The Hall–Kier alpha value is -2.87. The standard InChI is InChI=1S/C22H27N3O4/c1-3-24(10-11-26)14-18-15-25(13-16-4-7-19(29-2)8-5-16)21-12-17(22(27)23-28)6-9-20(18)21/h4-9,12,15,26,28H,3,10-11,13-14H2,1-2H3,(H,23,27). The van der Waals surface area contributed by atoms with Crippen LogP contribution < -0.4 is 10.2 Å². The second-order valence-electron chi connectivity index (χ2n) is 6.90. The molecule has 0 bridgehead atoms. The second kappa shape index (κ2) is 9.56. The van der Waals surface area contributed by atoms with E-state index in [9.17, 15) is 9.90 Å². The van der Waals surface area contributed by atoms with Crippen molar-refractivity contribution < 1.29 is 19.8 Å². The minimum absolute atomic E-state index is 0.110. The molecule has 0 aliphatic heterocycles. The number of ether oxygens (including phenoxy) is 1. The van der Waals surface area contributed by atoms with E-state index in [0.29, 0.717) is 25.2 Å². The van der Waals surface area contributed by atoms with Gasteiger partial charge in [-0.2, -0.15) is 0 Å². The number of nitrogens with zero attached hydrogens (tertiary/aromatic N) is 2. The van der Waals surface area contributed by atoms with Gasteiger partial charge in [0.1, 0.15) is 5.75 Å². The molecule has 0 saturated heterocycles. The van der Waals surface area contributed by atoms with Gasteiger partial charge in [0.05, 0.1) is 13.7 Å². The van der Waals surface area contributed by atoms with E-state index in [0.717, 1.165) is 34.3 Å². The lowest BCUT2D eigenvalue weighted by molar-refractivity contribution is 0.0706. The summed E-state index contributed by atoms with van der Waals surface area (Å²) in [5.74, 6) is 0.261. The van der Waals surface area contributed by atoms with Crippen LogP contribution in [0.15, 0.2) is 48.7 Å². The first kappa shape index (κ1) is 20.9. The zero-order valence-electron chi connectivity index (χ0n) is 16.8. The third kappa shape index (κ3) is 4.76. The number of likely N-dealkylation sites (N-methyl/N-ethyl adjacent to an activating group) is 1. The van der Waals surface area contributed by atoms with E-state index < -0.39 is 5.91 Å². The molecule has 0 radical (unpaired) electrons. The Labute approximate surface area is 170 Å². The molecule has 1 heterocycles. The number of methoxy groups -OCH3 is 1. The summed E-state index contributed by atoms with van der Waals surface area (Å²) in [7, 11) is 1.64. The van der Waals surface area contributed by atoms with Gasteiger partial charge in [0.15, 0.2) is 0 Å². The maximum absolute atomic E-state index is 11.9. The van der Waals surface area contributed by atoms with Crippen LogP contribution in [0.25, 0.3) is 10.9 Å². The van der Waals surface area contributed by atoms with Gasteiger partial charge in [-0.25, -0.2) is 5.48 Å². The zero-order valence-corrected chi connectivity index (χ0v) is 16.8. The summed E-state index contributed by atoms with van der Waals surface area (Å²) in [6, 6.07) is 13.3. The Morgan fingerprint density at radius 3 is 2.59 bits per heavy atom. The molecule has 0 fully saturated rings. The van der Waals surface area contributed by atoms with E-state index >= 15 is 0 Å². The molecule has 0 atom stereocenters. The normalized spacial score (nSPS) is 11.2. The van der Waals surface area contributed by atoms with Crippen molar-refractivity contribution in [1.29, 1.82) is 0 Å². The van der Waals surface area contributed by atoms with Gasteiger partial charge in [0.25, 0.3) is 5.91 Å². The molecule has 1 aromatic heterocycles. The first-order chi connectivity index (χ1) is 14.1. The molecular weight excluding hydrogens is 370 g/mol. The number of aliphatic hydroxyl groups excluding tert-OH is 1. The number of rotatable bonds is 9. The van der Waals surface area contributed by atoms with E-state index in [1.165, 1.54) is 0 Å². The minimum Gasteiger partial charge on any atom is -0.497 e. The average Bonchev–Trinajstić information content (AvgIpc) is 3.09. The van der Waals surface area contributed by atoms with Crippen molar-refractivity contribution in [2.45, 2.75) is 20.0 Å². The molecular formula is C22H27N3O4. The maximum Gasteiger partial charge on any atom is 0.274 e. The zero-order chi connectivity index (χ0) is 20.8. The minimum atomic E-state index is -0.541. The summed E-state index contributed by atoms with van der Waals surface area (Å²) in [6.45, 7) is 4.95. The summed E-state index contributed by atoms with van der Waals surface area (Å²) in [5, 5.41) is 19.3. The third-order valence-corrected chi connectivity index (χ3v) is 5.10. The molecule has 0 aliphatic carbocycles. The molecule has 1 amide bonds. The van der Waals surface area contributed by atoms with Crippen LogP contribution in [-0.2, 0) is 13.1 Å². The van der Waals surface area contributed by atoms with Gasteiger partial charge >= 0.3 is 0 Å². The topological polar surface area (TPSA) is 87.0 Å². The number of benzene rings is 2. The highest BCUT2D eigenvalue weighted by atomic mass is 16.5. The SMILES string of the molecule is CCN(CCO)Cc1cn(Cc2ccc(OC)cc2)c2cc(C(=O)NO)ccc12. The monoisotopic (exact) mass is 397 g/mol. The fourth-order valence-corrected chi connectivity index (χ4v) is 3.49. The summed E-state index contributed by atoms with van der Waals surface area (Å²) >= 11 is 0. The molecule has 3 N–H and O–H groups in total. The Kier molecular flexibility index (Phi) is 6.87. The molecule has 3 aromatic rings. The molecule has 29 heavy (non-hydrogen) atoms. The molecule has 0 unspecified atom stereocenters. The van der Waals surface area contributed by atoms with Crippen LogP contribution in [0, 0.1) is 0 Å². The van der Waals surface area contributed by atoms with Crippen molar-refractivity contribution >= 4 is 16.8 Å². The highest BCUT2D eigenvalue weighted by molar-refractivity contribution is 5.98. The van der Waals surface area contributed by atoms with E-state index in [4.69, 9.17) is 9.94 Å². The first-order valence-electron chi connectivity index (χ1n) is 9.62. The number of amides is 1. The number of hydroxylamine groups is 1. The molecule has 3 rings (SSSR count). The van der Waals surface area contributed by atoms with Gasteiger partial charge in [-0.15, -0.1) is 0 Å². The van der Waals surface area contributed by atoms with Crippen LogP contribution in [-0.4, -0.2) is 52.5 Å². The first-order valence-corrected chi connectivity index (χ1v) is 9.62. The fraction of sp³-hybridized carbons (Fsp3) is 0.318. The molecule has 0 aliphatic rings. The van der Waals surface area contributed by atoms with E-state index in [1.54, 1.807) is 24.7 Å². The number of aliphatic hydroxyl groups is 1. The molecule has 154 valence electrons. The van der Waals surface area contributed by atoms with Crippen molar-refractivity contribution in [1.82, 2.24) is 14.9 Å². The molecule has 7 heteroatoms. The fourth-order valence-electron chi connectivity index (χ4n) is 3.49. The van der Waals surface area contributed by atoms with Crippen LogP contribution in [0.3, 0.4) is 0 Å². The van der Waals surface area contributed by atoms with Gasteiger partial charge in [-0.05, 0) is 41.9 Å².